The van der Waals surface area contributed by atoms with Crippen LogP contribution in [-0.2, 0) is 14.6 Å². The van der Waals surface area contributed by atoms with Gasteiger partial charge in [0.2, 0.25) is 5.91 Å². The van der Waals surface area contributed by atoms with Gasteiger partial charge < -0.3 is 4.90 Å². The maximum atomic E-state index is 12.9. The predicted octanol–water partition coefficient (Wildman–Crippen LogP) is 1.80. The fourth-order valence-electron chi connectivity index (χ4n) is 3.15. The van der Waals surface area contributed by atoms with Crippen LogP contribution in [0.2, 0.25) is 0 Å². The predicted molar refractivity (Wildman–Crippen MR) is 83.4 cm³/mol. The number of carbonyl (C=O) groups is 1. The number of amides is 1. The third-order valence-electron chi connectivity index (χ3n) is 4.42. The summed E-state index contributed by atoms with van der Waals surface area (Å²) >= 11 is 1.55. The monoisotopic (exact) mass is 330 g/mol. The Morgan fingerprint density at radius 2 is 1.90 bits per heavy atom. The van der Waals surface area contributed by atoms with Crippen LogP contribution in [0.5, 0.6) is 0 Å². The van der Waals surface area contributed by atoms with E-state index in [0.717, 1.165) is 31.4 Å². The lowest BCUT2D eigenvalue weighted by Gasteiger charge is -2.38. The minimum absolute atomic E-state index is 0.261. The topological polar surface area (TPSA) is 78.2 Å². The van der Waals surface area contributed by atoms with Crippen molar-refractivity contribution in [2.45, 2.75) is 43.9 Å². The van der Waals surface area contributed by atoms with Gasteiger partial charge in [-0.25, -0.2) is 8.42 Å². The number of rotatable bonds is 2. The first kappa shape index (κ1) is 16.6. The van der Waals surface area contributed by atoms with E-state index in [9.17, 15) is 18.5 Å². The number of nitriles is 1. The molecule has 21 heavy (non-hydrogen) atoms. The Hall–Kier alpha value is -0.740. The van der Waals surface area contributed by atoms with Crippen LogP contribution >= 0.6 is 11.8 Å². The second-order valence-electron chi connectivity index (χ2n) is 5.97. The molecular weight excluding hydrogens is 308 g/mol. The highest BCUT2D eigenvalue weighted by Crippen LogP contribution is 2.38. The fraction of sp³-hybridized carbons (Fsp3) is 0.857. The first-order chi connectivity index (χ1) is 9.91. The van der Waals surface area contributed by atoms with E-state index < -0.39 is 20.6 Å². The summed E-state index contributed by atoms with van der Waals surface area (Å²) in [6, 6.07) is 2.23. The van der Waals surface area contributed by atoms with Gasteiger partial charge in [0, 0.05) is 24.3 Å². The fourth-order valence-corrected chi connectivity index (χ4v) is 5.96. The molecule has 0 spiro atoms. The number of thioether (sulfide) groups is 1. The molecule has 2 fully saturated rings. The van der Waals surface area contributed by atoms with E-state index in [1.54, 1.807) is 11.8 Å². The van der Waals surface area contributed by atoms with Gasteiger partial charge in [-0.3, -0.25) is 4.79 Å². The summed E-state index contributed by atoms with van der Waals surface area (Å²) in [6.07, 6.45) is 6.11. The Balaban J connectivity index is 2.29. The first-order valence-corrected chi connectivity index (χ1v) is 10.5. The zero-order chi connectivity index (χ0) is 15.5. The summed E-state index contributed by atoms with van der Waals surface area (Å²) < 4.78 is 23.9. The average molecular weight is 330 g/mol. The summed E-state index contributed by atoms with van der Waals surface area (Å²) in [5, 5.41) is 8.82. The van der Waals surface area contributed by atoms with Crippen molar-refractivity contribution in [3.05, 3.63) is 0 Å². The molecule has 1 amide bonds. The highest BCUT2D eigenvalue weighted by Gasteiger charge is 2.46. The van der Waals surface area contributed by atoms with Crippen molar-refractivity contribution in [3.8, 4) is 6.07 Å². The van der Waals surface area contributed by atoms with Crippen molar-refractivity contribution in [3.63, 3.8) is 0 Å². The maximum absolute atomic E-state index is 12.9. The Kier molecular flexibility index (Phi) is 5.20. The van der Waals surface area contributed by atoms with Crippen molar-refractivity contribution in [1.82, 2.24) is 4.90 Å². The van der Waals surface area contributed by atoms with Gasteiger partial charge in [0.15, 0.2) is 9.84 Å². The molecule has 1 atom stereocenters. The number of carbonyl (C=O) groups excluding carboxylic acids is 1. The molecule has 0 bridgehead atoms. The molecule has 1 unspecified atom stereocenters. The molecule has 1 saturated heterocycles. The van der Waals surface area contributed by atoms with Crippen LogP contribution in [-0.4, -0.2) is 48.9 Å². The summed E-state index contributed by atoms with van der Waals surface area (Å²) in [5.74, 6) is 0.883. The van der Waals surface area contributed by atoms with E-state index in [0.29, 0.717) is 25.1 Å². The van der Waals surface area contributed by atoms with Crippen LogP contribution in [0.1, 0.15) is 38.5 Å². The molecule has 118 valence electrons. The summed E-state index contributed by atoms with van der Waals surface area (Å²) in [5.41, 5.74) is -1.01. The third kappa shape index (κ3) is 3.54. The smallest absolute Gasteiger partial charge is 0.244 e. The standard InChI is InChI=1S/C14H22N2O3S2/c1-21(18,19)12-10-20-9-8-16(12)13(17)14(11-15)6-4-2-3-5-7-14/h12H,2-10H2,1H3. The molecule has 7 heteroatoms. The van der Waals surface area contributed by atoms with E-state index in [1.165, 1.54) is 11.2 Å². The molecule has 2 aliphatic rings. The van der Waals surface area contributed by atoms with Gasteiger partial charge in [0.1, 0.15) is 10.8 Å². The van der Waals surface area contributed by atoms with E-state index in [1.807, 2.05) is 0 Å². The van der Waals surface area contributed by atoms with Crippen LogP contribution in [0.25, 0.3) is 0 Å². The van der Waals surface area contributed by atoms with E-state index in [2.05, 4.69) is 6.07 Å². The lowest BCUT2D eigenvalue weighted by Crippen LogP contribution is -2.54. The van der Waals surface area contributed by atoms with Crippen molar-refractivity contribution in [2.24, 2.45) is 5.41 Å². The van der Waals surface area contributed by atoms with Gasteiger partial charge in [-0.1, -0.05) is 25.7 Å². The second kappa shape index (κ2) is 6.57. The van der Waals surface area contributed by atoms with Gasteiger partial charge in [-0.15, -0.1) is 0 Å². The van der Waals surface area contributed by atoms with Gasteiger partial charge >= 0.3 is 0 Å². The molecule has 0 radical (unpaired) electrons. The molecule has 0 N–H and O–H groups in total. The molecule has 1 aliphatic carbocycles. The molecule has 5 nitrogen and oxygen atoms in total. The number of sulfone groups is 1. The quantitative estimate of drug-likeness (QED) is 0.721. The maximum Gasteiger partial charge on any atom is 0.244 e. The van der Waals surface area contributed by atoms with E-state index >= 15 is 0 Å². The van der Waals surface area contributed by atoms with Gasteiger partial charge in [-0.2, -0.15) is 17.0 Å². The second-order valence-corrected chi connectivity index (χ2v) is 9.32. The summed E-state index contributed by atoms with van der Waals surface area (Å²) in [7, 11) is -3.33. The minimum Gasteiger partial charge on any atom is -0.323 e. The first-order valence-electron chi connectivity index (χ1n) is 7.40. The van der Waals surface area contributed by atoms with Gasteiger partial charge in [-0.05, 0) is 12.8 Å². The molecule has 1 saturated carbocycles. The van der Waals surface area contributed by atoms with Crippen LogP contribution in [0, 0.1) is 16.7 Å². The number of nitrogens with zero attached hydrogens (tertiary/aromatic N) is 2. The summed E-state index contributed by atoms with van der Waals surface area (Å²) in [6.45, 7) is 0.421. The number of hydrogen-bond acceptors (Lipinski definition) is 5. The highest BCUT2D eigenvalue weighted by molar-refractivity contribution is 8.00. The zero-order valence-electron chi connectivity index (χ0n) is 12.4. The molecule has 0 aromatic heterocycles. The van der Waals surface area contributed by atoms with Gasteiger partial charge in [0.25, 0.3) is 0 Å². The normalized spacial score (nSPS) is 26.7. The van der Waals surface area contributed by atoms with Crippen LogP contribution in [0.4, 0.5) is 0 Å². The van der Waals surface area contributed by atoms with E-state index in [-0.39, 0.29) is 5.91 Å². The molecule has 1 heterocycles. The van der Waals surface area contributed by atoms with Crippen molar-refractivity contribution in [2.75, 3.05) is 24.3 Å². The van der Waals surface area contributed by atoms with Crippen LogP contribution < -0.4 is 0 Å². The van der Waals surface area contributed by atoms with Crippen LogP contribution in [0.15, 0.2) is 0 Å². The molecular formula is C14H22N2O3S2. The SMILES string of the molecule is CS(=O)(=O)C1CSCCN1C(=O)C1(C#N)CCCCCC1. The lowest BCUT2D eigenvalue weighted by molar-refractivity contribution is -0.140. The van der Waals surface area contributed by atoms with Crippen molar-refractivity contribution < 1.29 is 13.2 Å². The molecule has 2 rings (SSSR count). The Labute approximate surface area is 131 Å². The molecule has 0 aromatic carbocycles. The van der Waals surface area contributed by atoms with Crippen molar-refractivity contribution in [1.29, 1.82) is 5.26 Å². The zero-order valence-corrected chi connectivity index (χ0v) is 14.0. The van der Waals surface area contributed by atoms with E-state index in [4.69, 9.17) is 0 Å². The Morgan fingerprint density at radius 1 is 1.29 bits per heavy atom. The van der Waals surface area contributed by atoms with Crippen molar-refractivity contribution >= 4 is 27.5 Å². The molecule has 0 aromatic rings. The lowest BCUT2D eigenvalue weighted by atomic mass is 9.80. The Morgan fingerprint density at radius 3 is 2.43 bits per heavy atom. The Bertz CT molecular complexity index is 531. The number of hydrogen-bond donors (Lipinski definition) is 0. The third-order valence-corrected chi connectivity index (χ3v) is 7.06. The van der Waals surface area contributed by atoms with Gasteiger partial charge in [0.05, 0.1) is 6.07 Å². The highest BCUT2D eigenvalue weighted by atomic mass is 32.2. The summed E-state index contributed by atoms with van der Waals surface area (Å²) in [4.78, 5) is 14.4. The minimum atomic E-state index is -3.33. The molecule has 1 aliphatic heterocycles. The van der Waals surface area contributed by atoms with Crippen LogP contribution in [0.3, 0.4) is 0 Å². The average Bonchev–Trinajstić information content (AvgIpc) is 2.72. The largest absolute Gasteiger partial charge is 0.323 e.